The van der Waals surface area contributed by atoms with Gasteiger partial charge in [-0.1, -0.05) is 0 Å². The molecule has 0 bridgehead atoms. The highest BCUT2D eigenvalue weighted by Gasteiger charge is 2.27. The zero-order chi connectivity index (χ0) is 19.0. The molecule has 0 unspecified atom stereocenters. The van der Waals surface area contributed by atoms with Gasteiger partial charge in [-0.15, -0.1) is 0 Å². The van der Waals surface area contributed by atoms with E-state index in [4.69, 9.17) is 4.42 Å². The topological polar surface area (TPSA) is 101 Å². The number of rotatable bonds is 6. The van der Waals surface area contributed by atoms with Crippen LogP contribution < -0.4 is 10.0 Å². The normalized spacial score (nSPS) is 14.4. The monoisotopic (exact) mass is 385 g/mol. The van der Waals surface area contributed by atoms with E-state index in [1.807, 2.05) is 0 Å². The Labute approximate surface area is 156 Å². The van der Waals surface area contributed by atoms with Crippen molar-refractivity contribution < 1.29 is 17.6 Å². The summed E-state index contributed by atoms with van der Waals surface area (Å²) in [4.78, 5) is 16.3. The minimum Gasteiger partial charge on any atom is -0.451 e. The standard InChI is InChI=1S/C19H19N3O4S/c1-12-16-10-15(27(24,25)21-11-13-6-8-20-9-7-13)4-5-17(16)26-18(12)19(23)22-14-2-3-14/h4-10,14,21H,2-3,11H2,1H3,(H,22,23). The molecule has 2 aromatic heterocycles. The number of fused-ring (bicyclic) bond motifs is 1. The summed E-state index contributed by atoms with van der Waals surface area (Å²) in [5.74, 6) is -0.0254. The molecule has 0 spiro atoms. The zero-order valence-electron chi connectivity index (χ0n) is 14.7. The number of amides is 1. The summed E-state index contributed by atoms with van der Waals surface area (Å²) in [6.07, 6.45) is 5.19. The van der Waals surface area contributed by atoms with Crippen LogP contribution in [-0.2, 0) is 16.6 Å². The fourth-order valence-corrected chi connectivity index (χ4v) is 3.87. The smallest absolute Gasteiger partial charge is 0.287 e. The average Bonchev–Trinajstić information content (AvgIpc) is 3.42. The maximum Gasteiger partial charge on any atom is 0.287 e. The van der Waals surface area contributed by atoms with E-state index in [0.717, 1.165) is 18.4 Å². The van der Waals surface area contributed by atoms with Gasteiger partial charge in [0.15, 0.2) is 5.76 Å². The van der Waals surface area contributed by atoms with Crippen LogP contribution in [0.15, 0.2) is 52.0 Å². The maximum absolute atomic E-state index is 12.6. The Hall–Kier alpha value is -2.71. The van der Waals surface area contributed by atoms with Crippen molar-refractivity contribution in [1.82, 2.24) is 15.0 Å². The second kappa shape index (κ2) is 6.79. The highest BCUT2D eigenvalue weighted by Crippen LogP contribution is 2.29. The molecule has 2 N–H and O–H groups in total. The number of aryl methyl sites for hydroxylation is 1. The summed E-state index contributed by atoms with van der Waals surface area (Å²) < 4.78 is 33.5. The molecule has 1 saturated carbocycles. The third-order valence-electron chi connectivity index (χ3n) is 4.55. The molecule has 2 heterocycles. The molecule has 140 valence electrons. The number of carbonyl (C=O) groups excluding carboxylic acids is 1. The Morgan fingerprint density at radius 1 is 1.22 bits per heavy atom. The highest BCUT2D eigenvalue weighted by molar-refractivity contribution is 7.89. The molecular formula is C19H19N3O4S. The Bertz CT molecular complexity index is 1100. The molecule has 0 saturated heterocycles. The molecule has 0 aliphatic heterocycles. The van der Waals surface area contributed by atoms with Gasteiger partial charge in [-0.25, -0.2) is 13.1 Å². The van der Waals surface area contributed by atoms with E-state index in [1.165, 1.54) is 12.1 Å². The Kier molecular flexibility index (Phi) is 4.45. The molecule has 0 atom stereocenters. The number of aromatic nitrogens is 1. The number of furan rings is 1. The lowest BCUT2D eigenvalue weighted by atomic mass is 10.1. The van der Waals surface area contributed by atoms with Crippen molar-refractivity contribution in [3.05, 3.63) is 59.6 Å². The van der Waals surface area contributed by atoms with Crippen LogP contribution in [0.1, 0.15) is 34.5 Å². The minimum atomic E-state index is -3.70. The largest absolute Gasteiger partial charge is 0.451 e. The van der Waals surface area contributed by atoms with Crippen LogP contribution >= 0.6 is 0 Å². The van der Waals surface area contributed by atoms with Crippen LogP contribution in [0.3, 0.4) is 0 Å². The van der Waals surface area contributed by atoms with E-state index in [-0.39, 0.29) is 29.1 Å². The molecule has 0 radical (unpaired) electrons. The van der Waals surface area contributed by atoms with Crippen molar-refractivity contribution >= 4 is 26.9 Å². The number of nitrogens with one attached hydrogen (secondary N) is 2. The van der Waals surface area contributed by atoms with E-state index < -0.39 is 10.0 Å². The molecule has 3 aromatic rings. The van der Waals surface area contributed by atoms with Crippen LogP contribution in [0, 0.1) is 6.92 Å². The van der Waals surface area contributed by atoms with Gasteiger partial charge in [-0.05, 0) is 55.7 Å². The number of benzene rings is 1. The molecule has 7 nitrogen and oxygen atoms in total. The number of carbonyl (C=O) groups is 1. The molecule has 1 fully saturated rings. The molecular weight excluding hydrogens is 366 g/mol. The maximum atomic E-state index is 12.6. The second-order valence-corrected chi connectivity index (χ2v) is 8.41. The summed E-state index contributed by atoms with van der Waals surface area (Å²) in [6.45, 7) is 1.93. The lowest BCUT2D eigenvalue weighted by Crippen LogP contribution is -2.25. The molecule has 1 aromatic carbocycles. The third kappa shape index (κ3) is 3.72. The van der Waals surface area contributed by atoms with Gasteiger partial charge >= 0.3 is 0 Å². The lowest BCUT2D eigenvalue weighted by Gasteiger charge is -2.07. The van der Waals surface area contributed by atoms with E-state index in [0.29, 0.717) is 16.5 Å². The van der Waals surface area contributed by atoms with Crippen molar-refractivity contribution in [2.45, 2.75) is 37.2 Å². The van der Waals surface area contributed by atoms with Gasteiger partial charge in [0.05, 0.1) is 4.90 Å². The summed E-state index contributed by atoms with van der Waals surface area (Å²) in [7, 11) is -3.70. The SMILES string of the molecule is Cc1c(C(=O)NC2CC2)oc2ccc(S(=O)(=O)NCc3ccncc3)cc12. The minimum absolute atomic E-state index is 0.127. The van der Waals surface area contributed by atoms with Gasteiger partial charge in [0.25, 0.3) is 5.91 Å². The van der Waals surface area contributed by atoms with Crippen molar-refractivity contribution in [2.75, 3.05) is 0 Å². The van der Waals surface area contributed by atoms with Crippen LogP contribution in [0.5, 0.6) is 0 Å². The molecule has 1 amide bonds. The summed E-state index contributed by atoms with van der Waals surface area (Å²) >= 11 is 0. The van der Waals surface area contributed by atoms with Gasteiger partial charge in [-0.2, -0.15) is 0 Å². The predicted molar refractivity (Wildman–Crippen MR) is 99.7 cm³/mol. The van der Waals surface area contributed by atoms with E-state index in [1.54, 1.807) is 37.5 Å². The summed E-state index contributed by atoms with van der Waals surface area (Å²) in [5, 5.41) is 3.50. The van der Waals surface area contributed by atoms with E-state index in [2.05, 4.69) is 15.0 Å². The molecule has 4 rings (SSSR count). The van der Waals surface area contributed by atoms with Gasteiger partial charge in [0, 0.05) is 35.9 Å². The third-order valence-corrected chi connectivity index (χ3v) is 5.95. The van der Waals surface area contributed by atoms with E-state index >= 15 is 0 Å². The first-order valence-corrected chi connectivity index (χ1v) is 10.1. The molecule has 1 aliphatic rings. The highest BCUT2D eigenvalue weighted by atomic mass is 32.2. The number of pyridine rings is 1. The van der Waals surface area contributed by atoms with Gasteiger partial charge in [0.2, 0.25) is 10.0 Å². The summed E-state index contributed by atoms with van der Waals surface area (Å²) in [5.41, 5.74) is 1.93. The number of sulfonamides is 1. The second-order valence-electron chi connectivity index (χ2n) is 6.64. The number of hydrogen-bond acceptors (Lipinski definition) is 5. The van der Waals surface area contributed by atoms with Crippen LogP contribution in [0.4, 0.5) is 0 Å². The number of nitrogens with zero attached hydrogens (tertiary/aromatic N) is 1. The first-order valence-electron chi connectivity index (χ1n) is 8.66. The Balaban J connectivity index is 1.60. The molecule has 1 aliphatic carbocycles. The molecule has 8 heteroatoms. The fraction of sp³-hybridized carbons (Fsp3) is 0.263. The van der Waals surface area contributed by atoms with Gasteiger partial charge < -0.3 is 9.73 Å². The van der Waals surface area contributed by atoms with Crippen LogP contribution in [-0.4, -0.2) is 25.4 Å². The van der Waals surface area contributed by atoms with Crippen molar-refractivity contribution in [3.8, 4) is 0 Å². The fourth-order valence-electron chi connectivity index (χ4n) is 2.82. The zero-order valence-corrected chi connectivity index (χ0v) is 15.5. The lowest BCUT2D eigenvalue weighted by molar-refractivity contribution is 0.0924. The predicted octanol–water partition coefficient (Wildman–Crippen LogP) is 2.51. The van der Waals surface area contributed by atoms with Crippen molar-refractivity contribution in [3.63, 3.8) is 0 Å². The quantitative estimate of drug-likeness (QED) is 0.679. The summed E-state index contributed by atoms with van der Waals surface area (Å²) in [6, 6.07) is 8.31. The first kappa shape index (κ1) is 17.7. The van der Waals surface area contributed by atoms with Gasteiger partial charge in [0.1, 0.15) is 5.58 Å². The van der Waals surface area contributed by atoms with Gasteiger partial charge in [-0.3, -0.25) is 9.78 Å². The Morgan fingerprint density at radius 3 is 2.67 bits per heavy atom. The van der Waals surface area contributed by atoms with Crippen LogP contribution in [0.2, 0.25) is 0 Å². The molecule has 27 heavy (non-hydrogen) atoms. The van der Waals surface area contributed by atoms with E-state index in [9.17, 15) is 13.2 Å². The van der Waals surface area contributed by atoms with Crippen molar-refractivity contribution in [1.29, 1.82) is 0 Å². The van der Waals surface area contributed by atoms with Crippen LogP contribution in [0.25, 0.3) is 11.0 Å². The Morgan fingerprint density at radius 2 is 1.96 bits per heavy atom. The number of hydrogen-bond donors (Lipinski definition) is 2. The first-order chi connectivity index (χ1) is 12.9. The average molecular weight is 385 g/mol. The van der Waals surface area contributed by atoms with Crippen molar-refractivity contribution in [2.24, 2.45) is 0 Å².